The third kappa shape index (κ3) is 2.35. The van der Waals surface area contributed by atoms with E-state index < -0.39 is 4.92 Å². The molecular formula is C18H13N7O3. The molecule has 28 heavy (non-hydrogen) atoms. The Balaban J connectivity index is 1.65. The first kappa shape index (κ1) is 16.1. The molecule has 2 aliphatic heterocycles. The van der Waals surface area contributed by atoms with Crippen LogP contribution in [-0.4, -0.2) is 37.5 Å². The Labute approximate surface area is 158 Å². The fraction of sp³-hybridized carbons (Fsp3) is 0.111. The summed E-state index contributed by atoms with van der Waals surface area (Å²) in [5.41, 5.74) is 2.74. The van der Waals surface area contributed by atoms with Crippen molar-refractivity contribution in [2.75, 3.05) is 10.2 Å². The van der Waals surface area contributed by atoms with Crippen LogP contribution in [0.2, 0.25) is 0 Å². The van der Waals surface area contributed by atoms with Gasteiger partial charge in [0.25, 0.3) is 11.6 Å². The molecule has 5 rings (SSSR count). The lowest BCUT2D eigenvalue weighted by molar-refractivity contribution is -0.384. The highest BCUT2D eigenvalue weighted by Gasteiger charge is 2.44. The van der Waals surface area contributed by atoms with Gasteiger partial charge in [-0.25, -0.2) is 0 Å². The second-order valence-electron chi connectivity index (χ2n) is 6.47. The Morgan fingerprint density at radius 1 is 1.11 bits per heavy atom. The molecule has 10 nitrogen and oxygen atoms in total. The number of benzene rings is 2. The van der Waals surface area contributed by atoms with Crippen molar-refractivity contribution in [3.05, 3.63) is 76.1 Å². The molecule has 0 saturated carbocycles. The van der Waals surface area contributed by atoms with Gasteiger partial charge in [-0.3, -0.25) is 19.8 Å². The summed E-state index contributed by atoms with van der Waals surface area (Å²) in [4.78, 5) is 25.5. The first-order chi connectivity index (χ1) is 13.6. The lowest BCUT2D eigenvalue weighted by Gasteiger charge is -2.36. The number of hydrogen-bond donors (Lipinski definition) is 2. The van der Waals surface area contributed by atoms with Crippen LogP contribution >= 0.6 is 0 Å². The van der Waals surface area contributed by atoms with Gasteiger partial charge >= 0.3 is 0 Å². The van der Waals surface area contributed by atoms with Crippen LogP contribution < -0.4 is 10.2 Å². The Morgan fingerprint density at radius 2 is 1.89 bits per heavy atom. The second kappa shape index (κ2) is 5.98. The van der Waals surface area contributed by atoms with E-state index in [2.05, 4.69) is 25.9 Å². The molecule has 0 saturated heterocycles. The first-order valence-electron chi connectivity index (χ1n) is 8.52. The number of tetrazole rings is 1. The van der Waals surface area contributed by atoms with Crippen molar-refractivity contribution in [1.29, 1.82) is 0 Å². The molecule has 2 unspecified atom stereocenters. The van der Waals surface area contributed by atoms with Crippen LogP contribution in [-0.2, 0) is 4.79 Å². The summed E-state index contributed by atoms with van der Waals surface area (Å²) in [5, 5.41) is 28.2. The number of para-hydroxylation sites is 1. The number of aromatic amines is 1. The van der Waals surface area contributed by atoms with Crippen molar-refractivity contribution >= 4 is 28.5 Å². The van der Waals surface area contributed by atoms with Crippen molar-refractivity contribution in [3.63, 3.8) is 0 Å². The van der Waals surface area contributed by atoms with Crippen LogP contribution in [0.5, 0.6) is 0 Å². The number of nitrogens with one attached hydrogen (secondary N) is 2. The maximum atomic E-state index is 13.4. The highest BCUT2D eigenvalue weighted by atomic mass is 16.6. The maximum Gasteiger partial charge on any atom is 0.269 e. The molecule has 3 heterocycles. The number of nitro benzene ring substituents is 1. The highest BCUT2D eigenvalue weighted by molar-refractivity contribution is 6.27. The van der Waals surface area contributed by atoms with Gasteiger partial charge in [0.15, 0.2) is 0 Å². The van der Waals surface area contributed by atoms with Crippen molar-refractivity contribution < 1.29 is 9.72 Å². The van der Waals surface area contributed by atoms with Crippen LogP contribution in [0.15, 0.2) is 54.6 Å². The standard InChI is InChI=1S/C18H13N7O3/c26-18-13(17-20-22-23-21-17)9-15-16(12-3-1-2-4-14(12)19-15)24(18)10-5-7-11(8-6-10)25(27)28/h1-9,15-16,19H,(H,20,21,22,23). The highest BCUT2D eigenvalue weighted by Crippen LogP contribution is 2.45. The van der Waals surface area contributed by atoms with E-state index in [1.54, 1.807) is 23.1 Å². The van der Waals surface area contributed by atoms with Gasteiger partial charge in [0.2, 0.25) is 5.82 Å². The molecule has 1 amide bonds. The number of rotatable bonds is 3. The topological polar surface area (TPSA) is 130 Å². The largest absolute Gasteiger partial charge is 0.376 e. The lowest BCUT2D eigenvalue weighted by atomic mass is 9.93. The number of carbonyl (C=O) groups is 1. The smallest absolute Gasteiger partial charge is 0.269 e. The van der Waals surface area contributed by atoms with Crippen molar-refractivity contribution in [2.24, 2.45) is 0 Å². The summed E-state index contributed by atoms with van der Waals surface area (Å²) in [6, 6.07) is 13.2. The monoisotopic (exact) mass is 375 g/mol. The number of hydrogen-bond acceptors (Lipinski definition) is 7. The van der Waals surface area contributed by atoms with E-state index in [1.807, 2.05) is 24.3 Å². The minimum absolute atomic E-state index is 0.0383. The summed E-state index contributed by atoms with van der Waals surface area (Å²) in [6.07, 6.45) is 1.81. The number of anilines is 2. The molecule has 138 valence electrons. The van der Waals surface area contributed by atoms with Crippen LogP contribution in [0.4, 0.5) is 17.1 Å². The van der Waals surface area contributed by atoms with Crippen LogP contribution in [0.1, 0.15) is 17.4 Å². The third-order valence-electron chi connectivity index (χ3n) is 4.94. The molecule has 0 fully saturated rings. The van der Waals surface area contributed by atoms with Gasteiger partial charge in [0.05, 0.1) is 22.6 Å². The van der Waals surface area contributed by atoms with Gasteiger partial charge < -0.3 is 5.32 Å². The average molecular weight is 375 g/mol. The molecule has 2 N–H and O–H groups in total. The summed E-state index contributed by atoms with van der Waals surface area (Å²) in [5.74, 6) is -0.0943. The van der Waals surface area contributed by atoms with E-state index in [9.17, 15) is 14.9 Å². The van der Waals surface area contributed by atoms with Crippen molar-refractivity contribution in [3.8, 4) is 0 Å². The number of nitro groups is 1. The third-order valence-corrected chi connectivity index (χ3v) is 4.94. The Morgan fingerprint density at radius 3 is 2.61 bits per heavy atom. The number of amides is 1. The number of fused-ring (bicyclic) bond motifs is 3. The second-order valence-corrected chi connectivity index (χ2v) is 6.47. The zero-order chi connectivity index (χ0) is 19.3. The van der Waals surface area contributed by atoms with E-state index in [4.69, 9.17) is 0 Å². The summed E-state index contributed by atoms with van der Waals surface area (Å²) in [6.45, 7) is 0. The van der Waals surface area contributed by atoms with Gasteiger partial charge in [-0.15, -0.1) is 10.2 Å². The molecule has 0 bridgehead atoms. The molecule has 3 aromatic rings. The summed E-state index contributed by atoms with van der Waals surface area (Å²) < 4.78 is 0. The van der Waals surface area contributed by atoms with Gasteiger partial charge in [0, 0.05) is 29.1 Å². The molecule has 1 aromatic heterocycles. The van der Waals surface area contributed by atoms with Crippen molar-refractivity contribution in [2.45, 2.75) is 12.1 Å². The number of non-ortho nitro benzene ring substituents is 1. The summed E-state index contributed by atoms with van der Waals surface area (Å²) in [7, 11) is 0. The quantitative estimate of drug-likeness (QED) is 0.529. The molecule has 2 aromatic carbocycles. The molecule has 2 aliphatic rings. The minimum atomic E-state index is -0.471. The number of carbonyl (C=O) groups excluding carboxylic acids is 1. The van der Waals surface area contributed by atoms with E-state index >= 15 is 0 Å². The molecule has 2 atom stereocenters. The average Bonchev–Trinajstić information content (AvgIpc) is 3.35. The first-order valence-corrected chi connectivity index (χ1v) is 8.52. The van der Waals surface area contributed by atoms with Crippen LogP contribution in [0, 0.1) is 10.1 Å². The Kier molecular flexibility index (Phi) is 3.44. The lowest BCUT2D eigenvalue weighted by Crippen LogP contribution is -2.44. The molecule has 0 aliphatic carbocycles. The van der Waals surface area contributed by atoms with Gasteiger partial charge in [-0.1, -0.05) is 18.2 Å². The predicted octanol–water partition coefficient (Wildman–Crippen LogP) is 2.07. The fourth-order valence-corrected chi connectivity index (χ4v) is 3.74. The van der Waals surface area contributed by atoms with Gasteiger partial charge in [0.1, 0.15) is 0 Å². The Hall–Kier alpha value is -4.08. The number of nitrogens with zero attached hydrogens (tertiary/aromatic N) is 5. The van der Waals surface area contributed by atoms with Gasteiger partial charge in [-0.2, -0.15) is 5.21 Å². The minimum Gasteiger partial charge on any atom is -0.376 e. The van der Waals surface area contributed by atoms with E-state index in [1.165, 1.54) is 12.1 Å². The molecular weight excluding hydrogens is 362 g/mol. The normalized spacial score (nSPS) is 20.2. The van der Waals surface area contributed by atoms with Crippen LogP contribution in [0.3, 0.4) is 0 Å². The predicted molar refractivity (Wildman–Crippen MR) is 99.3 cm³/mol. The zero-order valence-electron chi connectivity index (χ0n) is 14.3. The fourth-order valence-electron chi connectivity index (χ4n) is 3.74. The number of aromatic nitrogens is 4. The molecule has 0 spiro atoms. The van der Waals surface area contributed by atoms with Crippen molar-refractivity contribution in [1.82, 2.24) is 20.6 Å². The van der Waals surface area contributed by atoms with Gasteiger partial charge in [-0.05, 0) is 29.5 Å². The zero-order valence-corrected chi connectivity index (χ0v) is 14.3. The van der Waals surface area contributed by atoms with Crippen LogP contribution in [0.25, 0.3) is 5.57 Å². The van der Waals surface area contributed by atoms with E-state index in [0.717, 1.165) is 11.3 Å². The van der Waals surface area contributed by atoms with E-state index in [-0.39, 0.29) is 29.5 Å². The Bertz CT molecular complexity index is 1110. The maximum absolute atomic E-state index is 13.4. The van der Waals surface area contributed by atoms with E-state index in [0.29, 0.717) is 11.3 Å². The molecule has 0 radical (unpaired) electrons. The number of H-pyrrole nitrogens is 1. The SMILES string of the molecule is O=C1C(c2nn[nH]n2)=CC2Nc3ccccc3C2N1c1ccc([N+](=O)[O-])cc1. The summed E-state index contributed by atoms with van der Waals surface area (Å²) >= 11 is 0. The molecule has 10 heteroatoms.